The van der Waals surface area contributed by atoms with E-state index in [4.69, 9.17) is 10.1 Å². The molecule has 1 aromatic carbocycles. The maximum Gasteiger partial charge on any atom is 0.435 e. The minimum atomic E-state index is -4.71. The molecule has 1 amide bonds. The van der Waals surface area contributed by atoms with Crippen molar-refractivity contribution in [1.82, 2.24) is 24.2 Å². The van der Waals surface area contributed by atoms with Gasteiger partial charge in [-0.25, -0.2) is 0 Å². The van der Waals surface area contributed by atoms with E-state index in [1.54, 1.807) is 35.4 Å². The number of aryl methyl sites for hydroxylation is 1. The molecule has 1 aliphatic heterocycles. The third kappa shape index (κ3) is 4.93. The largest absolute Gasteiger partial charge is 0.497 e. The van der Waals surface area contributed by atoms with Gasteiger partial charge in [0.1, 0.15) is 5.75 Å². The second-order valence-corrected chi connectivity index (χ2v) is 9.85. The summed E-state index contributed by atoms with van der Waals surface area (Å²) < 4.78 is 63.1. The Kier molecular flexibility index (Phi) is 6.55. The van der Waals surface area contributed by atoms with Crippen molar-refractivity contribution in [3.05, 3.63) is 80.9 Å². The molecular formula is C25H22F4N6O2S. The quantitative estimate of drug-likeness (QED) is 0.367. The Labute approximate surface area is 218 Å². The summed E-state index contributed by atoms with van der Waals surface area (Å²) in [5.41, 5.74) is 0.861. The Bertz CT molecular complexity index is 1590. The van der Waals surface area contributed by atoms with Crippen LogP contribution in [0.15, 0.2) is 42.9 Å². The topological polar surface area (TPSA) is 89.0 Å². The van der Waals surface area contributed by atoms with Gasteiger partial charge in [0.15, 0.2) is 15.6 Å². The molecule has 0 aliphatic carbocycles. The Morgan fingerprint density at radius 3 is 2.58 bits per heavy atom. The highest BCUT2D eigenvalue weighted by molar-refractivity contribution is 7.07. The van der Waals surface area contributed by atoms with Gasteiger partial charge in [0.05, 0.1) is 25.5 Å². The molecule has 3 aromatic heterocycles. The molecule has 0 saturated heterocycles. The van der Waals surface area contributed by atoms with Crippen molar-refractivity contribution in [1.29, 1.82) is 5.41 Å². The van der Waals surface area contributed by atoms with Gasteiger partial charge >= 0.3 is 6.18 Å². The third-order valence-corrected chi connectivity index (χ3v) is 7.02. The Morgan fingerprint density at radius 1 is 1.13 bits per heavy atom. The highest BCUT2D eigenvalue weighted by Crippen LogP contribution is 2.40. The summed E-state index contributed by atoms with van der Waals surface area (Å²) in [5, 5.41) is 11.1. The first-order valence-corrected chi connectivity index (χ1v) is 12.3. The molecule has 4 heterocycles. The van der Waals surface area contributed by atoms with Crippen LogP contribution in [0.2, 0.25) is 0 Å². The van der Waals surface area contributed by atoms with Crippen molar-refractivity contribution in [2.45, 2.75) is 25.7 Å². The highest BCUT2D eigenvalue weighted by atomic mass is 32.1. The van der Waals surface area contributed by atoms with Gasteiger partial charge < -0.3 is 14.2 Å². The van der Waals surface area contributed by atoms with Crippen molar-refractivity contribution in [3.8, 4) is 16.9 Å². The zero-order valence-electron chi connectivity index (χ0n) is 20.3. The number of thiazole rings is 1. The molecule has 1 N–H and O–H groups in total. The highest BCUT2D eigenvalue weighted by Gasteiger charge is 2.39. The number of halogens is 4. The molecule has 5 rings (SSSR count). The first-order valence-electron chi connectivity index (χ1n) is 11.5. The van der Waals surface area contributed by atoms with Crippen LogP contribution in [0.5, 0.6) is 5.75 Å². The number of carbonyl (C=O) groups is 1. The number of methoxy groups -OCH3 is 1. The number of aromatic nitrogens is 4. The molecule has 13 heteroatoms. The molecule has 0 spiro atoms. The van der Waals surface area contributed by atoms with Gasteiger partial charge in [-0.05, 0) is 41.3 Å². The average Bonchev–Trinajstić information content (AvgIpc) is 3.41. The smallest absolute Gasteiger partial charge is 0.435 e. The maximum atomic E-state index is 13.9. The summed E-state index contributed by atoms with van der Waals surface area (Å²) >= 11 is 0.641. The average molecular weight is 547 g/mol. The lowest BCUT2D eigenvalue weighted by molar-refractivity contribution is -0.140. The molecule has 0 unspecified atom stereocenters. The summed E-state index contributed by atoms with van der Waals surface area (Å²) in [5.74, 6) is 0.232. The second-order valence-electron chi connectivity index (χ2n) is 8.86. The summed E-state index contributed by atoms with van der Waals surface area (Å²) in [7, 11) is 2.93. The lowest BCUT2D eigenvalue weighted by Gasteiger charge is -2.30. The molecule has 198 valence electrons. The van der Waals surface area contributed by atoms with Gasteiger partial charge in [-0.3, -0.25) is 19.9 Å². The summed E-state index contributed by atoms with van der Waals surface area (Å²) in [6.45, 7) is 0.475. The van der Waals surface area contributed by atoms with E-state index in [2.05, 4.69) is 10.1 Å². The SMILES string of the molecule is COc1ccnc(CN2CCc3c(cc(Cn4cc(F)sc4=N)cc3-c3cn(C)nc3C(F)(F)F)C2=O)c1. The van der Waals surface area contributed by atoms with E-state index in [9.17, 15) is 22.4 Å². The van der Waals surface area contributed by atoms with E-state index in [1.165, 1.54) is 24.9 Å². The van der Waals surface area contributed by atoms with Crippen molar-refractivity contribution in [2.75, 3.05) is 13.7 Å². The molecule has 38 heavy (non-hydrogen) atoms. The van der Waals surface area contributed by atoms with E-state index in [-0.39, 0.29) is 47.0 Å². The number of hydrogen-bond donors (Lipinski definition) is 1. The Morgan fingerprint density at radius 2 is 1.89 bits per heavy atom. The first-order chi connectivity index (χ1) is 18.0. The molecule has 1 aliphatic rings. The summed E-state index contributed by atoms with van der Waals surface area (Å²) in [4.78, 5) is 19.5. The molecule has 0 radical (unpaired) electrons. The van der Waals surface area contributed by atoms with E-state index in [0.29, 0.717) is 40.3 Å². The van der Waals surface area contributed by atoms with Gasteiger partial charge in [0.2, 0.25) is 0 Å². The van der Waals surface area contributed by atoms with Crippen LogP contribution in [0, 0.1) is 10.5 Å². The van der Waals surface area contributed by atoms with Gasteiger partial charge in [0.25, 0.3) is 5.91 Å². The number of hydrogen-bond acceptors (Lipinski definition) is 6. The lowest BCUT2D eigenvalue weighted by Crippen LogP contribution is -2.37. The van der Waals surface area contributed by atoms with Crippen molar-refractivity contribution in [3.63, 3.8) is 0 Å². The van der Waals surface area contributed by atoms with E-state index < -0.39 is 17.0 Å². The molecule has 0 atom stereocenters. The van der Waals surface area contributed by atoms with Gasteiger partial charge in [-0.15, -0.1) is 0 Å². The predicted molar refractivity (Wildman–Crippen MR) is 130 cm³/mol. The fourth-order valence-electron chi connectivity index (χ4n) is 4.63. The van der Waals surface area contributed by atoms with E-state index in [1.807, 2.05) is 0 Å². The fraction of sp³-hybridized carbons (Fsp3) is 0.280. The zero-order valence-corrected chi connectivity index (χ0v) is 21.2. The Balaban J connectivity index is 1.61. The van der Waals surface area contributed by atoms with Gasteiger partial charge in [-0.1, -0.05) is 11.3 Å². The number of carbonyl (C=O) groups excluding carboxylic acids is 1. The molecule has 0 bridgehead atoms. The van der Waals surface area contributed by atoms with Crippen LogP contribution < -0.4 is 9.54 Å². The number of benzene rings is 1. The zero-order chi connectivity index (χ0) is 27.2. The van der Waals surface area contributed by atoms with Gasteiger partial charge in [-0.2, -0.15) is 22.7 Å². The van der Waals surface area contributed by atoms with Crippen LogP contribution in [-0.2, 0) is 32.7 Å². The third-order valence-electron chi connectivity index (χ3n) is 6.29. The molecule has 4 aromatic rings. The minimum Gasteiger partial charge on any atom is -0.497 e. The van der Waals surface area contributed by atoms with Gasteiger partial charge in [0, 0.05) is 49.7 Å². The van der Waals surface area contributed by atoms with Crippen molar-refractivity contribution < 1.29 is 27.1 Å². The molecule has 0 saturated carbocycles. The second kappa shape index (κ2) is 9.71. The standard InChI is InChI=1S/C25H22F4N6O2S/c1-33-12-20(22(32-33)25(27,28)29)18-7-14(10-35-13-21(26)38-24(35)30)8-19-17(18)4-6-34(23(19)36)11-15-9-16(37-2)3-5-31-15/h3,5,7-9,12-13,30H,4,6,10-11H2,1-2H3. The van der Waals surface area contributed by atoms with Crippen LogP contribution in [0.4, 0.5) is 17.6 Å². The number of fused-ring (bicyclic) bond motifs is 1. The number of nitrogens with one attached hydrogen (secondary N) is 1. The lowest BCUT2D eigenvalue weighted by atomic mass is 9.88. The van der Waals surface area contributed by atoms with E-state index in [0.717, 1.165) is 10.9 Å². The Hall–Kier alpha value is -4.00. The molecule has 0 fully saturated rings. The summed E-state index contributed by atoms with van der Waals surface area (Å²) in [6, 6.07) is 6.58. The van der Waals surface area contributed by atoms with Crippen molar-refractivity contribution in [2.24, 2.45) is 7.05 Å². The van der Waals surface area contributed by atoms with Crippen LogP contribution in [0.1, 0.15) is 32.9 Å². The summed E-state index contributed by atoms with van der Waals surface area (Å²) in [6.07, 6.45) is -0.380. The maximum absolute atomic E-state index is 13.9. The van der Waals surface area contributed by atoms with Crippen LogP contribution in [0.25, 0.3) is 11.1 Å². The van der Waals surface area contributed by atoms with E-state index >= 15 is 0 Å². The first kappa shape index (κ1) is 25.6. The fourth-order valence-corrected chi connectivity index (χ4v) is 5.22. The van der Waals surface area contributed by atoms with Crippen LogP contribution in [0.3, 0.4) is 0 Å². The molecule has 8 nitrogen and oxygen atoms in total. The number of ether oxygens (including phenoxy) is 1. The number of nitrogens with zero attached hydrogens (tertiary/aromatic N) is 5. The normalized spacial score (nSPS) is 13.6. The number of amides is 1. The van der Waals surface area contributed by atoms with Crippen molar-refractivity contribution >= 4 is 17.2 Å². The number of alkyl halides is 3. The predicted octanol–water partition coefficient (Wildman–Crippen LogP) is 4.24. The van der Waals surface area contributed by atoms with Crippen LogP contribution in [-0.4, -0.2) is 43.8 Å². The monoisotopic (exact) mass is 546 g/mol. The number of rotatable bonds is 6. The molecular weight excluding hydrogens is 524 g/mol. The minimum absolute atomic E-state index is 0.00582. The number of pyridine rings is 1. The van der Waals surface area contributed by atoms with Crippen LogP contribution >= 0.6 is 11.3 Å².